The van der Waals surface area contributed by atoms with Gasteiger partial charge in [-0.25, -0.2) is 0 Å². The molecule has 0 heterocycles. The van der Waals surface area contributed by atoms with Crippen LogP contribution in [0.1, 0.15) is 50.2 Å². The number of alkyl halides is 6. The van der Waals surface area contributed by atoms with Crippen LogP contribution >= 0.6 is 12.4 Å². The van der Waals surface area contributed by atoms with Crippen molar-refractivity contribution in [3.05, 3.63) is 131 Å². The molecule has 4 aromatic rings. The van der Waals surface area contributed by atoms with Gasteiger partial charge in [0.1, 0.15) is 30.3 Å². The Bertz CT molecular complexity index is 1550. The van der Waals surface area contributed by atoms with Gasteiger partial charge in [-0.2, -0.15) is 26.3 Å². The van der Waals surface area contributed by atoms with Crippen molar-refractivity contribution in [2.45, 2.75) is 37.4 Å². The average molecular weight is 813 g/mol. The maximum Gasteiger partial charge on any atom is 2.00 e. The van der Waals surface area contributed by atoms with Gasteiger partial charge >= 0.3 is 41.4 Å². The normalized spacial score (nSPS) is 11.7. The van der Waals surface area contributed by atoms with Gasteiger partial charge in [0.05, 0.1) is 11.1 Å². The van der Waals surface area contributed by atoms with Crippen molar-refractivity contribution in [3.8, 4) is 11.5 Å². The van der Waals surface area contributed by atoms with Crippen LogP contribution in [0.5, 0.6) is 11.5 Å². The number of halogens is 7. The molecule has 0 radical (unpaired) electrons. The summed E-state index contributed by atoms with van der Waals surface area (Å²) in [5.41, 5.74) is 5.58. The van der Waals surface area contributed by atoms with E-state index in [2.05, 4.69) is 10.6 Å². The van der Waals surface area contributed by atoms with Crippen LogP contribution in [-0.4, -0.2) is 85.8 Å². The molecule has 0 aliphatic heterocycles. The van der Waals surface area contributed by atoms with Crippen molar-refractivity contribution in [2.24, 2.45) is 5.73 Å². The van der Waals surface area contributed by atoms with Gasteiger partial charge in [-0.3, -0.25) is 10.2 Å². The fraction of sp³-hybridized carbons (Fsp3) is 0.316. The third-order valence-corrected chi connectivity index (χ3v) is 7.36. The fourth-order valence-corrected chi connectivity index (χ4v) is 4.54. The van der Waals surface area contributed by atoms with Crippen molar-refractivity contribution in [1.29, 1.82) is 5.41 Å². The Hall–Kier alpha value is -4.22. The number of carboxylic acid groups (broad SMARTS) is 1. The number of carbonyl (C=O) groups is 1. The van der Waals surface area contributed by atoms with Gasteiger partial charge < -0.3 is 38.7 Å². The second-order valence-electron chi connectivity index (χ2n) is 11.5. The van der Waals surface area contributed by atoms with Gasteiger partial charge in [-0.15, -0.1) is 12.4 Å². The number of nitrogens with one attached hydrogen (secondary N) is 3. The van der Waals surface area contributed by atoms with E-state index in [1.807, 2.05) is 74.8 Å². The number of nitrogens with zero attached hydrogens (tertiary/aromatic N) is 1. The quantitative estimate of drug-likeness (QED) is 0.0375. The maximum absolute atomic E-state index is 12.6. The second-order valence-corrected chi connectivity index (χ2v) is 11.5. The summed E-state index contributed by atoms with van der Waals surface area (Å²) in [7, 11) is 5.14. The summed E-state index contributed by atoms with van der Waals surface area (Å²) in [6.07, 6.45) is -7.62. The Morgan fingerprint density at radius 3 is 1.29 bits per heavy atom. The first kappa shape index (κ1) is 50.8. The molecule has 0 amide bonds. The van der Waals surface area contributed by atoms with Crippen LogP contribution in [0, 0.1) is 5.41 Å². The van der Waals surface area contributed by atoms with Crippen LogP contribution in [0.15, 0.2) is 109 Å². The zero-order valence-electron chi connectivity index (χ0n) is 32.7. The topological polar surface area (TPSA) is 133 Å². The van der Waals surface area contributed by atoms with E-state index in [0.29, 0.717) is 11.5 Å². The molecule has 2 atom stereocenters. The molecule has 55 heavy (non-hydrogen) atoms. The Balaban J connectivity index is -0.000000800. The zero-order valence-corrected chi connectivity index (χ0v) is 32.9. The molecule has 0 aromatic heterocycles. The second kappa shape index (κ2) is 25.8. The van der Waals surface area contributed by atoms with E-state index in [0.717, 1.165) is 66.2 Å². The van der Waals surface area contributed by atoms with E-state index >= 15 is 0 Å². The minimum atomic E-state index is -4.33. The average Bonchev–Trinajstić information content (AvgIpc) is 3.12. The number of rotatable bonds is 14. The number of carboxylic acids is 1. The molecule has 6 N–H and O–H groups in total. The van der Waals surface area contributed by atoms with Crippen molar-refractivity contribution in [2.75, 3.05) is 40.8 Å². The number of aliphatic carboxylic acids is 1. The van der Waals surface area contributed by atoms with Crippen LogP contribution in [0.3, 0.4) is 0 Å². The zero-order chi connectivity index (χ0) is 39.4. The fourth-order valence-electron chi connectivity index (χ4n) is 4.54. The van der Waals surface area contributed by atoms with Crippen molar-refractivity contribution in [3.63, 3.8) is 0 Å². The number of guanidine groups is 1. The first-order valence-corrected chi connectivity index (χ1v) is 16.4. The summed E-state index contributed by atoms with van der Waals surface area (Å²) >= 11 is 0. The predicted octanol–water partition coefficient (Wildman–Crippen LogP) is 8.03. The first-order valence-electron chi connectivity index (χ1n) is 16.4. The molecule has 0 bridgehead atoms. The van der Waals surface area contributed by atoms with Gasteiger partial charge in [0.15, 0.2) is 5.96 Å². The number of hydrogen-bond donors (Lipinski definition) is 5. The van der Waals surface area contributed by atoms with E-state index < -0.39 is 29.4 Å². The monoisotopic (exact) mass is 811 g/mol. The SMILES string of the molecule is CN(CC(=O)O)C(=N)N.CNCCC(Oc1ccc(C(F)(F)F)cc1)c1ccccc1.CNCCC(Oc1ccc(C(F)(F)F)cc1)c1ccccc1.Cl.[H-].[H-].[Mg+2]. The van der Waals surface area contributed by atoms with Crippen LogP contribution in [-0.2, 0) is 17.1 Å². The Morgan fingerprint density at radius 2 is 1.05 bits per heavy atom. The van der Waals surface area contributed by atoms with Gasteiger partial charge in [0, 0.05) is 19.9 Å². The molecule has 300 valence electrons. The maximum atomic E-state index is 12.6. The Labute approximate surface area is 342 Å². The smallest absolute Gasteiger partial charge is 1.00 e. The molecule has 9 nitrogen and oxygen atoms in total. The van der Waals surface area contributed by atoms with Gasteiger partial charge in [0.2, 0.25) is 0 Å². The van der Waals surface area contributed by atoms with E-state index in [1.165, 1.54) is 31.3 Å². The van der Waals surface area contributed by atoms with E-state index in [-0.39, 0.29) is 63.0 Å². The molecule has 0 saturated heterocycles. The van der Waals surface area contributed by atoms with Gasteiger partial charge in [0.25, 0.3) is 0 Å². The summed E-state index contributed by atoms with van der Waals surface area (Å²) in [6.45, 7) is 1.27. The Morgan fingerprint density at radius 1 is 0.727 bits per heavy atom. The van der Waals surface area contributed by atoms with Crippen molar-refractivity contribution < 1.29 is 48.6 Å². The van der Waals surface area contributed by atoms with E-state index in [4.69, 9.17) is 25.7 Å². The van der Waals surface area contributed by atoms with Crippen LogP contribution in [0.4, 0.5) is 26.3 Å². The van der Waals surface area contributed by atoms with Gasteiger partial charge in [-0.05, 0) is 86.8 Å². The number of ether oxygens (including phenoxy) is 2. The molecular formula is C38H48ClF6MgN5O4. The number of hydrogen-bond acceptors (Lipinski definition) is 6. The van der Waals surface area contributed by atoms with Crippen LogP contribution < -0.4 is 25.8 Å². The third-order valence-electron chi connectivity index (χ3n) is 7.36. The van der Waals surface area contributed by atoms with Crippen molar-refractivity contribution in [1.82, 2.24) is 15.5 Å². The summed E-state index contributed by atoms with van der Waals surface area (Å²) in [4.78, 5) is 11.0. The van der Waals surface area contributed by atoms with Crippen LogP contribution in [0.25, 0.3) is 0 Å². The number of benzene rings is 4. The molecule has 0 aliphatic carbocycles. The summed E-state index contributed by atoms with van der Waals surface area (Å²) in [6, 6.07) is 28.9. The first-order chi connectivity index (χ1) is 25.0. The molecule has 0 aliphatic rings. The molecule has 4 rings (SSSR count). The minimum Gasteiger partial charge on any atom is -1.00 e. The number of nitrogens with two attached hydrogens (primary N) is 1. The van der Waals surface area contributed by atoms with Crippen LogP contribution in [0.2, 0.25) is 0 Å². The molecule has 0 saturated carbocycles. The summed E-state index contributed by atoms with van der Waals surface area (Å²) in [5, 5.41) is 21.0. The largest absolute Gasteiger partial charge is 2.00 e. The number of likely N-dealkylation sites (N-methyl/N-ethyl adjacent to an activating group) is 1. The molecule has 2 unspecified atom stereocenters. The molecular weight excluding hydrogens is 764 g/mol. The van der Waals surface area contributed by atoms with Crippen molar-refractivity contribution >= 4 is 47.4 Å². The minimum absolute atomic E-state index is 0. The van der Waals surface area contributed by atoms with E-state index in [9.17, 15) is 31.1 Å². The molecule has 4 aromatic carbocycles. The summed E-state index contributed by atoms with van der Waals surface area (Å²) < 4.78 is 87.1. The van der Waals surface area contributed by atoms with E-state index in [1.54, 1.807) is 0 Å². The third kappa shape index (κ3) is 19.8. The van der Waals surface area contributed by atoms with Gasteiger partial charge in [-0.1, -0.05) is 60.7 Å². The molecule has 17 heteroatoms. The predicted molar refractivity (Wildman–Crippen MR) is 207 cm³/mol. The standard InChI is InChI=1S/2C17H18F3NO.C4H9N3O2.ClH.Mg.2H/c2*1-21-12-11-16(13-5-3-2-4-6-13)22-15-9-7-14(8-10-15)17(18,19)20;1-7(4(5)6)2-3(8)9;;;;/h2*2-10,16,21H,11-12H2,1H3;2H2,1H3,(H3,5,6)(H,8,9);1H;;;/q;;;;+2;2*-1. The summed E-state index contributed by atoms with van der Waals surface area (Å²) in [5.74, 6) is -0.374. The Kier molecular flexibility index (Phi) is 23.8. The molecule has 0 fully saturated rings. The molecule has 0 spiro atoms.